The highest BCUT2D eigenvalue weighted by Crippen LogP contribution is 2.14. The summed E-state index contributed by atoms with van der Waals surface area (Å²) in [5.74, 6) is -1.20. The van der Waals surface area contributed by atoms with Crippen LogP contribution < -0.4 is 0 Å². The van der Waals surface area contributed by atoms with E-state index in [1.165, 1.54) is 12.1 Å². The van der Waals surface area contributed by atoms with Gasteiger partial charge in [-0.25, -0.2) is 9.78 Å². The molecule has 1 N–H and O–H groups in total. The van der Waals surface area contributed by atoms with Crippen LogP contribution in [0.1, 0.15) is 46.3 Å². The molecule has 0 saturated carbocycles. The predicted molar refractivity (Wildman–Crippen MR) is 76.5 cm³/mol. The lowest BCUT2D eigenvalue weighted by atomic mass is 10.1. The molecular formula is C15H20N2O4. The van der Waals surface area contributed by atoms with Crippen LogP contribution in [0.15, 0.2) is 12.1 Å². The zero-order valence-electron chi connectivity index (χ0n) is 12.3. The first-order chi connectivity index (χ1) is 10.0. The Bertz CT molecular complexity index is 542. The summed E-state index contributed by atoms with van der Waals surface area (Å²) in [6.07, 6.45) is 2.01. The van der Waals surface area contributed by atoms with Gasteiger partial charge in [-0.15, -0.1) is 0 Å². The highest BCUT2D eigenvalue weighted by molar-refractivity contribution is 5.94. The molecule has 0 aromatic carbocycles. The van der Waals surface area contributed by atoms with Crippen LogP contribution in [0.25, 0.3) is 0 Å². The van der Waals surface area contributed by atoms with Gasteiger partial charge in [0.15, 0.2) is 0 Å². The Hall–Kier alpha value is -1.95. The Morgan fingerprint density at radius 3 is 2.86 bits per heavy atom. The summed E-state index contributed by atoms with van der Waals surface area (Å²) in [7, 11) is 0. The van der Waals surface area contributed by atoms with Crippen LogP contribution in [0.3, 0.4) is 0 Å². The maximum Gasteiger partial charge on any atom is 0.337 e. The lowest BCUT2D eigenvalue weighted by Gasteiger charge is -2.32. The molecule has 1 saturated heterocycles. The van der Waals surface area contributed by atoms with E-state index in [4.69, 9.17) is 9.84 Å². The van der Waals surface area contributed by atoms with Crippen molar-refractivity contribution >= 4 is 11.9 Å². The van der Waals surface area contributed by atoms with Gasteiger partial charge in [0.05, 0.1) is 24.0 Å². The second-order valence-corrected chi connectivity index (χ2v) is 5.17. The van der Waals surface area contributed by atoms with E-state index in [0.29, 0.717) is 25.4 Å². The summed E-state index contributed by atoms with van der Waals surface area (Å²) in [6.45, 7) is 5.32. The fourth-order valence-corrected chi connectivity index (χ4v) is 2.47. The first-order valence-corrected chi connectivity index (χ1v) is 7.14. The third kappa shape index (κ3) is 3.58. The number of ether oxygens (including phenoxy) is 1. The normalized spacial score (nSPS) is 18.6. The molecule has 1 atom stereocenters. The van der Waals surface area contributed by atoms with Gasteiger partial charge in [0.25, 0.3) is 5.91 Å². The Balaban J connectivity index is 2.12. The quantitative estimate of drug-likeness (QED) is 0.914. The second kappa shape index (κ2) is 6.67. The third-order valence-corrected chi connectivity index (χ3v) is 3.57. The van der Waals surface area contributed by atoms with Gasteiger partial charge in [-0.3, -0.25) is 4.79 Å². The van der Waals surface area contributed by atoms with Gasteiger partial charge in [-0.05, 0) is 25.5 Å². The van der Waals surface area contributed by atoms with E-state index in [-0.39, 0.29) is 23.3 Å². The smallest absolute Gasteiger partial charge is 0.337 e. The standard InChI is InChI=1S/C15H20N2O4/c1-3-4-11-9-17(7-8-21-11)14(18)13-6-5-12(15(19)20)10(2)16-13/h5-6,11H,3-4,7-9H2,1-2H3,(H,19,20). The number of carboxylic acid groups (broad SMARTS) is 1. The Morgan fingerprint density at radius 1 is 1.48 bits per heavy atom. The van der Waals surface area contributed by atoms with Crippen LogP contribution >= 0.6 is 0 Å². The minimum Gasteiger partial charge on any atom is -0.478 e. The number of aromatic carboxylic acids is 1. The number of rotatable bonds is 4. The lowest BCUT2D eigenvalue weighted by Crippen LogP contribution is -2.45. The Labute approximate surface area is 123 Å². The van der Waals surface area contributed by atoms with Crippen LogP contribution in [0.5, 0.6) is 0 Å². The number of hydrogen-bond donors (Lipinski definition) is 1. The van der Waals surface area contributed by atoms with Gasteiger partial charge in [-0.2, -0.15) is 0 Å². The number of carbonyl (C=O) groups is 2. The minimum atomic E-state index is -1.03. The van der Waals surface area contributed by atoms with Crippen molar-refractivity contribution in [3.05, 3.63) is 29.1 Å². The van der Waals surface area contributed by atoms with Crippen molar-refractivity contribution in [2.75, 3.05) is 19.7 Å². The number of pyridine rings is 1. The molecule has 1 amide bonds. The number of amides is 1. The molecule has 21 heavy (non-hydrogen) atoms. The highest BCUT2D eigenvalue weighted by Gasteiger charge is 2.25. The number of carbonyl (C=O) groups excluding carboxylic acids is 1. The average molecular weight is 292 g/mol. The molecule has 1 fully saturated rings. The summed E-state index contributed by atoms with van der Waals surface area (Å²) < 4.78 is 5.62. The van der Waals surface area contributed by atoms with Crippen molar-refractivity contribution in [2.45, 2.75) is 32.8 Å². The zero-order valence-corrected chi connectivity index (χ0v) is 12.3. The molecule has 2 rings (SSSR count). The van der Waals surface area contributed by atoms with Crippen LogP contribution in [0, 0.1) is 6.92 Å². The molecule has 0 bridgehead atoms. The van der Waals surface area contributed by atoms with Crippen LogP contribution in [0.4, 0.5) is 0 Å². The molecule has 6 heteroatoms. The maximum atomic E-state index is 12.4. The number of carboxylic acids is 1. The first-order valence-electron chi connectivity index (χ1n) is 7.14. The molecule has 1 aromatic rings. The minimum absolute atomic E-state index is 0.0760. The van der Waals surface area contributed by atoms with Crippen LogP contribution in [-0.2, 0) is 4.74 Å². The summed E-state index contributed by atoms with van der Waals surface area (Å²) in [6, 6.07) is 2.91. The van der Waals surface area contributed by atoms with E-state index in [1.807, 2.05) is 0 Å². The third-order valence-electron chi connectivity index (χ3n) is 3.57. The average Bonchev–Trinajstić information content (AvgIpc) is 2.46. The zero-order chi connectivity index (χ0) is 15.4. The number of nitrogens with zero attached hydrogens (tertiary/aromatic N) is 2. The molecule has 1 unspecified atom stereocenters. The highest BCUT2D eigenvalue weighted by atomic mass is 16.5. The number of morpholine rings is 1. The van der Waals surface area contributed by atoms with Crippen LogP contribution in [0.2, 0.25) is 0 Å². The van der Waals surface area contributed by atoms with Gasteiger partial charge in [0, 0.05) is 13.1 Å². The van der Waals surface area contributed by atoms with E-state index in [0.717, 1.165) is 12.8 Å². The molecule has 0 radical (unpaired) electrons. The summed E-state index contributed by atoms with van der Waals surface area (Å²) in [5, 5.41) is 8.99. The van der Waals surface area contributed by atoms with Gasteiger partial charge in [0.1, 0.15) is 5.69 Å². The Morgan fingerprint density at radius 2 is 2.24 bits per heavy atom. The van der Waals surface area contributed by atoms with E-state index in [2.05, 4.69) is 11.9 Å². The fourth-order valence-electron chi connectivity index (χ4n) is 2.47. The van der Waals surface area contributed by atoms with Crippen molar-refractivity contribution in [2.24, 2.45) is 0 Å². The summed E-state index contributed by atoms with van der Waals surface area (Å²) in [5.41, 5.74) is 0.763. The van der Waals surface area contributed by atoms with Gasteiger partial charge < -0.3 is 14.7 Å². The summed E-state index contributed by atoms with van der Waals surface area (Å²) >= 11 is 0. The predicted octanol–water partition coefficient (Wildman–Crippen LogP) is 1.73. The van der Waals surface area contributed by atoms with E-state index < -0.39 is 5.97 Å². The van der Waals surface area contributed by atoms with Gasteiger partial charge in [0.2, 0.25) is 0 Å². The molecule has 0 aliphatic carbocycles. The van der Waals surface area contributed by atoms with E-state index >= 15 is 0 Å². The molecule has 6 nitrogen and oxygen atoms in total. The number of hydrogen-bond acceptors (Lipinski definition) is 4. The van der Waals surface area contributed by atoms with Crippen molar-refractivity contribution < 1.29 is 19.4 Å². The summed E-state index contributed by atoms with van der Waals surface area (Å²) in [4.78, 5) is 29.3. The lowest BCUT2D eigenvalue weighted by molar-refractivity contribution is -0.0252. The topological polar surface area (TPSA) is 79.7 Å². The molecule has 1 aromatic heterocycles. The Kier molecular flexibility index (Phi) is 4.90. The van der Waals surface area contributed by atoms with E-state index in [9.17, 15) is 9.59 Å². The number of aryl methyl sites for hydroxylation is 1. The van der Waals surface area contributed by atoms with Crippen molar-refractivity contribution in [1.29, 1.82) is 0 Å². The molecule has 1 aliphatic rings. The molecular weight excluding hydrogens is 272 g/mol. The monoisotopic (exact) mass is 292 g/mol. The maximum absolute atomic E-state index is 12.4. The van der Waals surface area contributed by atoms with Crippen molar-refractivity contribution in [3.63, 3.8) is 0 Å². The second-order valence-electron chi connectivity index (χ2n) is 5.17. The first kappa shape index (κ1) is 15.4. The fraction of sp³-hybridized carbons (Fsp3) is 0.533. The van der Waals surface area contributed by atoms with E-state index in [1.54, 1.807) is 11.8 Å². The SMILES string of the molecule is CCCC1CN(C(=O)c2ccc(C(=O)O)c(C)n2)CCO1. The van der Waals surface area contributed by atoms with Gasteiger partial charge in [-0.1, -0.05) is 13.3 Å². The molecule has 2 heterocycles. The molecule has 1 aliphatic heterocycles. The molecule has 114 valence electrons. The number of aromatic nitrogens is 1. The van der Waals surface area contributed by atoms with Crippen molar-refractivity contribution in [1.82, 2.24) is 9.88 Å². The largest absolute Gasteiger partial charge is 0.478 e. The van der Waals surface area contributed by atoms with Crippen LogP contribution in [-0.4, -0.2) is 52.7 Å². The van der Waals surface area contributed by atoms with Crippen molar-refractivity contribution in [3.8, 4) is 0 Å². The van der Waals surface area contributed by atoms with Gasteiger partial charge >= 0.3 is 5.97 Å². The molecule has 0 spiro atoms.